The lowest BCUT2D eigenvalue weighted by molar-refractivity contribution is 0.0526. The van der Waals surface area contributed by atoms with Gasteiger partial charge in [0.1, 0.15) is 5.75 Å². The largest absolute Gasteiger partial charge is 0.497 e. The van der Waals surface area contributed by atoms with Gasteiger partial charge in [0.25, 0.3) is 0 Å². The van der Waals surface area contributed by atoms with Crippen molar-refractivity contribution in [1.29, 1.82) is 0 Å². The molecule has 2 N–H and O–H groups in total. The summed E-state index contributed by atoms with van der Waals surface area (Å²) >= 11 is 5.49. The lowest BCUT2D eigenvalue weighted by Gasteiger charge is -2.28. The molecule has 1 aliphatic rings. The number of carbonyl (C=O) groups excluding carboxylic acids is 1. The van der Waals surface area contributed by atoms with Crippen LogP contribution in [0.1, 0.15) is 47.3 Å². The van der Waals surface area contributed by atoms with Crippen molar-refractivity contribution in [2.75, 3.05) is 19.0 Å². The molecule has 0 radical (unpaired) electrons. The van der Waals surface area contributed by atoms with E-state index < -0.39 is 0 Å². The minimum Gasteiger partial charge on any atom is -0.497 e. The van der Waals surface area contributed by atoms with Gasteiger partial charge in [-0.05, 0) is 79.9 Å². The first-order chi connectivity index (χ1) is 13.1. The van der Waals surface area contributed by atoms with Crippen LogP contribution in [0.4, 0.5) is 5.69 Å². The Morgan fingerprint density at radius 1 is 1.26 bits per heavy atom. The standard InChI is InChI=1S/C21H24N2O3S/c1-3-26-20(24)15-7-4-8-16(12-15)22-21(27)23-19-9-5-6-14-13-17(25-2)10-11-18(14)19/h4,7-8,10-13,19H,3,5-6,9H2,1-2H3,(H2,22,23,27). The fourth-order valence-electron chi connectivity index (χ4n) is 3.33. The lowest BCUT2D eigenvalue weighted by atomic mass is 9.87. The fraction of sp³-hybridized carbons (Fsp3) is 0.333. The first kappa shape index (κ1) is 19.2. The molecular weight excluding hydrogens is 360 g/mol. The molecule has 0 saturated heterocycles. The molecule has 1 aliphatic carbocycles. The predicted molar refractivity (Wildman–Crippen MR) is 110 cm³/mol. The van der Waals surface area contributed by atoms with Crippen LogP contribution in [-0.2, 0) is 11.2 Å². The number of ether oxygens (including phenoxy) is 2. The van der Waals surface area contributed by atoms with Crippen LogP contribution in [0.2, 0.25) is 0 Å². The zero-order valence-electron chi connectivity index (χ0n) is 15.6. The Bertz CT molecular complexity index is 838. The fourth-order valence-corrected chi connectivity index (χ4v) is 3.59. The van der Waals surface area contributed by atoms with Crippen LogP contribution in [0.15, 0.2) is 42.5 Å². The first-order valence-electron chi connectivity index (χ1n) is 9.12. The zero-order chi connectivity index (χ0) is 19.2. The molecule has 0 aromatic heterocycles. The smallest absolute Gasteiger partial charge is 0.338 e. The van der Waals surface area contributed by atoms with E-state index in [1.807, 2.05) is 12.1 Å². The lowest BCUT2D eigenvalue weighted by Crippen LogP contribution is -2.34. The third-order valence-corrected chi connectivity index (χ3v) is 4.82. The topological polar surface area (TPSA) is 59.6 Å². The molecule has 2 aromatic carbocycles. The number of benzene rings is 2. The van der Waals surface area contributed by atoms with Crippen molar-refractivity contribution in [3.05, 3.63) is 59.2 Å². The van der Waals surface area contributed by atoms with Gasteiger partial charge in [-0.2, -0.15) is 0 Å². The van der Waals surface area contributed by atoms with Crippen LogP contribution in [0, 0.1) is 0 Å². The van der Waals surface area contributed by atoms with E-state index in [-0.39, 0.29) is 12.0 Å². The molecule has 3 rings (SSSR count). The van der Waals surface area contributed by atoms with Crippen molar-refractivity contribution in [2.45, 2.75) is 32.2 Å². The van der Waals surface area contributed by atoms with Gasteiger partial charge in [0.05, 0.1) is 25.3 Å². The quantitative estimate of drug-likeness (QED) is 0.594. The number of thiocarbonyl (C=S) groups is 1. The molecule has 142 valence electrons. The van der Waals surface area contributed by atoms with E-state index in [1.54, 1.807) is 32.2 Å². The maximum absolute atomic E-state index is 11.9. The molecule has 2 aromatic rings. The Labute approximate surface area is 165 Å². The van der Waals surface area contributed by atoms with Crippen molar-refractivity contribution in [3.8, 4) is 5.75 Å². The minimum absolute atomic E-state index is 0.160. The molecule has 1 unspecified atom stereocenters. The van der Waals surface area contributed by atoms with E-state index in [2.05, 4.69) is 22.8 Å². The molecule has 0 saturated carbocycles. The SMILES string of the molecule is CCOC(=O)c1cccc(NC(=S)NC2CCCc3cc(OC)ccc32)c1. The van der Waals surface area contributed by atoms with E-state index in [0.29, 0.717) is 17.3 Å². The van der Waals surface area contributed by atoms with Gasteiger partial charge in [0.15, 0.2) is 5.11 Å². The summed E-state index contributed by atoms with van der Waals surface area (Å²) in [6, 6.07) is 13.5. The number of hydrogen-bond acceptors (Lipinski definition) is 4. The van der Waals surface area contributed by atoms with Crippen LogP contribution in [0.3, 0.4) is 0 Å². The molecule has 0 amide bonds. The number of rotatable bonds is 5. The second-order valence-corrected chi connectivity index (χ2v) is 6.82. The third kappa shape index (κ3) is 4.77. The maximum atomic E-state index is 11.9. The number of nitrogens with one attached hydrogen (secondary N) is 2. The molecule has 0 fully saturated rings. The summed E-state index contributed by atoms with van der Waals surface area (Å²) in [5, 5.41) is 7.10. The van der Waals surface area contributed by atoms with Crippen molar-refractivity contribution < 1.29 is 14.3 Å². The van der Waals surface area contributed by atoms with Crippen molar-refractivity contribution >= 4 is 29.0 Å². The molecule has 6 heteroatoms. The summed E-state index contributed by atoms with van der Waals surface area (Å²) in [5.74, 6) is 0.543. The highest BCUT2D eigenvalue weighted by atomic mass is 32.1. The van der Waals surface area contributed by atoms with Gasteiger partial charge in [-0.3, -0.25) is 0 Å². The molecule has 0 spiro atoms. The number of hydrogen-bond donors (Lipinski definition) is 2. The van der Waals surface area contributed by atoms with E-state index in [0.717, 1.165) is 30.7 Å². The molecule has 27 heavy (non-hydrogen) atoms. The van der Waals surface area contributed by atoms with Crippen LogP contribution in [0.25, 0.3) is 0 Å². The minimum atomic E-state index is -0.338. The van der Waals surface area contributed by atoms with Gasteiger partial charge >= 0.3 is 5.97 Å². The Kier molecular flexibility index (Phi) is 6.29. The Morgan fingerprint density at radius 2 is 2.11 bits per heavy atom. The van der Waals surface area contributed by atoms with Gasteiger partial charge in [-0.25, -0.2) is 4.79 Å². The highest BCUT2D eigenvalue weighted by Crippen LogP contribution is 2.32. The number of esters is 1. The summed E-state index contributed by atoms with van der Waals surface area (Å²) in [5.41, 5.74) is 3.81. The van der Waals surface area contributed by atoms with Crippen molar-refractivity contribution in [3.63, 3.8) is 0 Å². The predicted octanol–water partition coefficient (Wildman–Crippen LogP) is 4.24. The summed E-state index contributed by atoms with van der Waals surface area (Å²) in [7, 11) is 1.68. The van der Waals surface area contributed by atoms with Crippen LogP contribution in [-0.4, -0.2) is 24.8 Å². The highest BCUT2D eigenvalue weighted by Gasteiger charge is 2.21. The second-order valence-electron chi connectivity index (χ2n) is 6.41. The van der Waals surface area contributed by atoms with Crippen LogP contribution < -0.4 is 15.4 Å². The van der Waals surface area contributed by atoms with Gasteiger partial charge in [-0.15, -0.1) is 0 Å². The Morgan fingerprint density at radius 3 is 2.89 bits per heavy atom. The number of fused-ring (bicyclic) bond motifs is 1. The average molecular weight is 385 g/mol. The van der Waals surface area contributed by atoms with E-state index >= 15 is 0 Å². The molecule has 0 bridgehead atoms. The number of methoxy groups -OCH3 is 1. The van der Waals surface area contributed by atoms with Gasteiger partial charge in [-0.1, -0.05) is 12.1 Å². The van der Waals surface area contributed by atoms with Crippen LogP contribution in [0.5, 0.6) is 5.75 Å². The van der Waals surface area contributed by atoms with E-state index in [9.17, 15) is 4.79 Å². The Balaban J connectivity index is 1.67. The summed E-state index contributed by atoms with van der Waals surface area (Å²) in [6.07, 6.45) is 3.16. The Hall–Kier alpha value is -2.60. The third-order valence-electron chi connectivity index (χ3n) is 4.60. The zero-order valence-corrected chi connectivity index (χ0v) is 16.4. The molecule has 0 aliphatic heterocycles. The van der Waals surface area contributed by atoms with Gasteiger partial charge < -0.3 is 20.1 Å². The summed E-state index contributed by atoms with van der Waals surface area (Å²) in [6.45, 7) is 2.14. The van der Waals surface area contributed by atoms with Gasteiger partial charge in [0.2, 0.25) is 0 Å². The highest BCUT2D eigenvalue weighted by molar-refractivity contribution is 7.80. The molecule has 5 nitrogen and oxygen atoms in total. The number of carbonyl (C=O) groups is 1. The van der Waals surface area contributed by atoms with Gasteiger partial charge in [0, 0.05) is 5.69 Å². The summed E-state index contributed by atoms with van der Waals surface area (Å²) < 4.78 is 10.4. The maximum Gasteiger partial charge on any atom is 0.338 e. The number of anilines is 1. The molecule has 1 atom stereocenters. The molecular formula is C21H24N2O3S. The van der Waals surface area contributed by atoms with E-state index in [1.165, 1.54) is 11.1 Å². The first-order valence-corrected chi connectivity index (χ1v) is 9.53. The van der Waals surface area contributed by atoms with Crippen molar-refractivity contribution in [1.82, 2.24) is 5.32 Å². The second kappa shape index (κ2) is 8.86. The van der Waals surface area contributed by atoms with Crippen LogP contribution >= 0.6 is 12.2 Å². The normalized spacial score (nSPS) is 15.4. The van der Waals surface area contributed by atoms with E-state index in [4.69, 9.17) is 21.7 Å². The monoisotopic (exact) mass is 384 g/mol. The molecule has 0 heterocycles. The number of aryl methyl sites for hydroxylation is 1. The summed E-state index contributed by atoms with van der Waals surface area (Å²) in [4.78, 5) is 11.9. The average Bonchev–Trinajstić information content (AvgIpc) is 2.68. The van der Waals surface area contributed by atoms with Crippen molar-refractivity contribution in [2.24, 2.45) is 0 Å².